The molecule has 1 aromatic rings. The van der Waals surface area contributed by atoms with Crippen LogP contribution in [0, 0.1) is 0 Å². The Labute approximate surface area is 72.4 Å². The van der Waals surface area contributed by atoms with E-state index in [0.717, 1.165) is 5.69 Å². The number of nitrogens with zero attached hydrogens (tertiary/aromatic N) is 2. The van der Waals surface area contributed by atoms with Gasteiger partial charge in [0, 0.05) is 12.5 Å². The first kappa shape index (κ1) is 8.97. The quantitative estimate of drug-likeness (QED) is 0.626. The highest BCUT2D eigenvalue weighted by atomic mass is 16.1. The number of carbonyl (C=O) groups excluding carboxylic acids is 1. The molecule has 0 spiro atoms. The molecule has 0 aromatic carbocycles. The van der Waals surface area contributed by atoms with E-state index in [1.807, 2.05) is 6.29 Å². The highest BCUT2D eigenvalue weighted by molar-refractivity contribution is 5.72. The second kappa shape index (κ2) is 2.73. The second-order valence-electron chi connectivity index (χ2n) is 3.89. The third-order valence-electron chi connectivity index (χ3n) is 1.75. The predicted molar refractivity (Wildman–Crippen MR) is 46.7 cm³/mol. The molecule has 65 valence electrons. The first-order valence-corrected chi connectivity index (χ1v) is 3.88. The summed E-state index contributed by atoms with van der Waals surface area (Å²) >= 11 is 0. The van der Waals surface area contributed by atoms with Crippen LogP contribution in [-0.2, 0) is 17.3 Å². The largest absolute Gasteiger partial charge is 0.283 e. The highest BCUT2D eigenvalue weighted by Crippen LogP contribution is 2.20. The molecule has 3 nitrogen and oxygen atoms in total. The van der Waals surface area contributed by atoms with E-state index in [-0.39, 0.29) is 5.41 Å². The zero-order valence-electron chi connectivity index (χ0n) is 7.88. The van der Waals surface area contributed by atoms with Crippen molar-refractivity contribution in [2.75, 3.05) is 0 Å². The zero-order chi connectivity index (χ0) is 9.35. The summed E-state index contributed by atoms with van der Waals surface area (Å²) in [5.41, 5.74) is 1.41. The van der Waals surface area contributed by atoms with Gasteiger partial charge in [-0.2, -0.15) is 5.10 Å². The molecule has 0 saturated carbocycles. The standard InChI is InChI=1S/C9H13N2O/c1-9(2,3)8-5-7(6-12)11(4)10-8/h5H,1-4H3. The van der Waals surface area contributed by atoms with E-state index in [1.54, 1.807) is 17.8 Å². The van der Waals surface area contributed by atoms with Crippen LogP contribution in [0.4, 0.5) is 0 Å². The van der Waals surface area contributed by atoms with Crippen LogP contribution in [0.3, 0.4) is 0 Å². The Morgan fingerprint density at radius 1 is 1.50 bits per heavy atom. The van der Waals surface area contributed by atoms with E-state index in [2.05, 4.69) is 25.9 Å². The van der Waals surface area contributed by atoms with Gasteiger partial charge in [0.2, 0.25) is 0 Å². The van der Waals surface area contributed by atoms with Gasteiger partial charge in [-0.1, -0.05) is 20.8 Å². The lowest BCUT2D eigenvalue weighted by Gasteiger charge is -2.13. The third kappa shape index (κ3) is 1.55. The first-order chi connectivity index (χ1) is 5.45. The Bertz CT molecular complexity index is 294. The van der Waals surface area contributed by atoms with Crippen LogP contribution in [0.2, 0.25) is 0 Å². The fourth-order valence-electron chi connectivity index (χ4n) is 0.929. The fourth-order valence-corrected chi connectivity index (χ4v) is 0.929. The van der Waals surface area contributed by atoms with E-state index in [1.165, 1.54) is 0 Å². The van der Waals surface area contributed by atoms with Gasteiger partial charge in [0.15, 0.2) is 0 Å². The Hall–Kier alpha value is -1.12. The molecular formula is C9H13N2O. The Morgan fingerprint density at radius 2 is 2.08 bits per heavy atom. The van der Waals surface area contributed by atoms with Gasteiger partial charge in [-0.3, -0.25) is 9.48 Å². The summed E-state index contributed by atoms with van der Waals surface area (Å²) < 4.78 is 1.55. The van der Waals surface area contributed by atoms with Gasteiger partial charge in [0.25, 0.3) is 6.29 Å². The van der Waals surface area contributed by atoms with E-state index in [4.69, 9.17) is 0 Å². The van der Waals surface area contributed by atoms with Crippen molar-refractivity contribution in [2.45, 2.75) is 26.2 Å². The maximum Gasteiger partial charge on any atom is 0.253 e. The Balaban J connectivity index is 3.13. The van der Waals surface area contributed by atoms with Crippen LogP contribution in [0.25, 0.3) is 0 Å². The maximum atomic E-state index is 10.4. The molecule has 0 N–H and O–H groups in total. The monoisotopic (exact) mass is 165 g/mol. The molecule has 0 fully saturated rings. The molecule has 12 heavy (non-hydrogen) atoms. The number of aromatic nitrogens is 2. The normalized spacial score (nSPS) is 11.7. The van der Waals surface area contributed by atoms with Crippen LogP contribution >= 0.6 is 0 Å². The molecule has 1 rings (SSSR count). The third-order valence-corrected chi connectivity index (χ3v) is 1.75. The molecule has 0 amide bonds. The Kier molecular flexibility index (Phi) is 2.04. The van der Waals surface area contributed by atoms with Gasteiger partial charge in [-0.15, -0.1) is 0 Å². The minimum absolute atomic E-state index is 0.00708. The van der Waals surface area contributed by atoms with Crippen LogP contribution in [0.15, 0.2) is 6.07 Å². The van der Waals surface area contributed by atoms with E-state index < -0.39 is 0 Å². The maximum absolute atomic E-state index is 10.4. The minimum Gasteiger partial charge on any atom is -0.283 e. The molecule has 0 aliphatic carbocycles. The number of hydrogen-bond acceptors (Lipinski definition) is 2. The van der Waals surface area contributed by atoms with Crippen LogP contribution < -0.4 is 0 Å². The molecule has 0 aliphatic heterocycles. The lowest BCUT2D eigenvalue weighted by molar-refractivity contribution is 0.548. The summed E-state index contributed by atoms with van der Waals surface area (Å²) in [6, 6.07) is 1.77. The van der Waals surface area contributed by atoms with Gasteiger partial charge < -0.3 is 0 Å². The van der Waals surface area contributed by atoms with Crippen LogP contribution in [-0.4, -0.2) is 16.1 Å². The summed E-state index contributed by atoms with van der Waals surface area (Å²) in [4.78, 5) is 10.4. The topological polar surface area (TPSA) is 34.9 Å². The molecule has 1 aromatic heterocycles. The SMILES string of the molecule is Cn1nc(C(C)(C)C)cc1[C]=O. The number of aryl methyl sites for hydroxylation is 1. The van der Waals surface area contributed by atoms with Crippen molar-refractivity contribution in [1.29, 1.82) is 0 Å². The minimum atomic E-state index is -0.00708. The predicted octanol–water partition coefficient (Wildman–Crippen LogP) is 1.18. The zero-order valence-corrected chi connectivity index (χ0v) is 7.88. The van der Waals surface area contributed by atoms with E-state index in [0.29, 0.717) is 5.69 Å². The van der Waals surface area contributed by atoms with Gasteiger partial charge in [0.05, 0.1) is 5.69 Å². The van der Waals surface area contributed by atoms with E-state index >= 15 is 0 Å². The average molecular weight is 165 g/mol. The lowest BCUT2D eigenvalue weighted by Crippen LogP contribution is -2.12. The molecule has 1 heterocycles. The lowest BCUT2D eigenvalue weighted by atomic mass is 9.92. The van der Waals surface area contributed by atoms with E-state index in [9.17, 15) is 4.79 Å². The van der Waals surface area contributed by atoms with Gasteiger partial charge >= 0.3 is 0 Å². The second-order valence-corrected chi connectivity index (χ2v) is 3.89. The molecule has 0 aliphatic rings. The molecule has 1 radical (unpaired) electrons. The van der Waals surface area contributed by atoms with Crippen molar-refractivity contribution < 1.29 is 4.79 Å². The van der Waals surface area contributed by atoms with Crippen molar-refractivity contribution in [3.05, 3.63) is 17.5 Å². The molecule has 0 saturated heterocycles. The summed E-state index contributed by atoms with van der Waals surface area (Å²) in [5.74, 6) is 0. The van der Waals surface area contributed by atoms with Crippen molar-refractivity contribution >= 4 is 6.29 Å². The van der Waals surface area contributed by atoms with Crippen LogP contribution in [0.1, 0.15) is 32.2 Å². The number of rotatable bonds is 1. The highest BCUT2D eigenvalue weighted by Gasteiger charge is 2.18. The first-order valence-electron chi connectivity index (χ1n) is 3.88. The summed E-state index contributed by atoms with van der Waals surface area (Å²) in [5, 5.41) is 4.21. The summed E-state index contributed by atoms with van der Waals surface area (Å²) in [6.07, 6.45) is 1.84. The molecule has 3 heteroatoms. The molecule has 0 unspecified atom stereocenters. The molecular weight excluding hydrogens is 152 g/mol. The number of hydrogen-bond donors (Lipinski definition) is 0. The Morgan fingerprint density at radius 3 is 2.33 bits per heavy atom. The summed E-state index contributed by atoms with van der Waals surface area (Å²) in [6.45, 7) is 6.18. The fraction of sp³-hybridized carbons (Fsp3) is 0.556. The van der Waals surface area contributed by atoms with Gasteiger partial charge in [0.1, 0.15) is 5.69 Å². The molecule has 0 atom stereocenters. The summed E-state index contributed by atoms with van der Waals surface area (Å²) in [7, 11) is 1.75. The average Bonchev–Trinajstić information content (AvgIpc) is 2.29. The van der Waals surface area contributed by atoms with Gasteiger partial charge in [-0.25, -0.2) is 0 Å². The molecule has 0 bridgehead atoms. The van der Waals surface area contributed by atoms with Crippen molar-refractivity contribution in [1.82, 2.24) is 9.78 Å². The smallest absolute Gasteiger partial charge is 0.253 e. The van der Waals surface area contributed by atoms with Crippen LogP contribution in [0.5, 0.6) is 0 Å². The van der Waals surface area contributed by atoms with Crippen molar-refractivity contribution in [3.8, 4) is 0 Å². The van der Waals surface area contributed by atoms with Crippen molar-refractivity contribution in [3.63, 3.8) is 0 Å². The van der Waals surface area contributed by atoms with Gasteiger partial charge in [-0.05, 0) is 6.07 Å². The van der Waals surface area contributed by atoms with Crippen molar-refractivity contribution in [2.24, 2.45) is 7.05 Å².